The number of hydrogen-bond acceptors (Lipinski definition) is 3. The molecule has 0 spiro atoms. The first-order valence-electron chi connectivity index (χ1n) is 5.41. The lowest BCUT2D eigenvalue weighted by Crippen LogP contribution is -2.13. The second kappa shape index (κ2) is 6.13. The van der Waals surface area contributed by atoms with Crippen LogP contribution in [0.3, 0.4) is 0 Å². The van der Waals surface area contributed by atoms with Crippen molar-refractivity contribution in [2.24, 2.45) is 0 Å². The fourth-order valence-electron chi connectivity index (χ4n) is 1.56. The highest BCUT2D eigenvalue weighted by atomic mass is 79.9. The number of anilines is 1. The van der Waals surface area contributed by atoms with Gasteiger partial charge < -0.3 is 10.4 Å². The van der Waals surface area contributed by atoms with Gasteiger partial charge in [-0.1, -0.05) is 12.1 Å². The Morgan fingerprint density at radius 1 is 1.33 bits per heavy atom. The number of nitrogens with one attached hydrogen (secondary N) is 1. The molecule has 0 radical (unpaired) electrons. The van der Waals surface area contributed by atoms with Crippen LogP contribution in [0.1, 0.15) is 10.4 Å². The second-order valence-electron chi connectivity index (χ2n) is 3.79. The monoisotopic (exact) mass is 325 g/mol. The van der Waals surface area contributed by atoms with E-state index in [0.29, 0.717) is 12.1 Å². The van der Waals surface area contributed by atoms with Gasteiger partial charge in [-0.15, -0.1) is 11.3 Å². The van der Waals surface area contributed by atoms with Crippen LogP contribution in [0.4, 0.5) is 5.69 Å². The standard InChI is InChI=1S/C13H12BrNO2S/c14-12-5-4-11(18-12)7-13(17)15-10-3-1-2-9(6-10)8-16/h1-6,16H,7-8H2,(H,15,17). The number of thiophene rings is 1. The van der Waals surface area contributed by atoms with Crippen molar-refractivity contribution in [3.63, 3.8) is 0 Å². The third-order valence-electron chi connectivity index (χ3n) is 2.36. The maximum absolute atomic E-state index is 11.8. The predicted octanol–water partition coefficient (Wildman–Crippen LogP) is 3.18. The third-order valence-corrected chi connectivity index (χ3v) is 3.98. The minimum absolute atomic E-state index is 0.0262. The van der Waals surface area contributed by atoms with Crippen LogP contribution in [0, 0.1) is 0 Å². The van der Waals surface area contributed by atoms with Crippen molar-refractivity contribution >= 4 is 38.9 Å². The van der Waals surface area contributed by atoms with Crippen LogP contribution in [0.15, 0.2) is 40.2 Å². The molecule has 94 valence electrons. The van der Waals surface area contributed by atoms with Crippen molar-refractivity contribution in [3.05, 3.63) is 50.6 Å². The van der Waals surface area contributed by atoms with Crippen LogP contribution in [-0.4, -0.2) is 11.0 Å². The van der Waals surface area contributed by atoms with E-state index in [1.165, 1.54) is 0 Å². The van der Waals surface area contributed by atoms with Gasteiger partial charge in [-0.05, 0) is 45.8 Å². The summed E-state index contributed by atoms with van der Waals surface area (Å²) in [4.78, 5) is 12.8. The summed E-state index contributed by atoms with van der Waals surface area (Å²) >= 11 is 4.92. The second-order valence-corrected chi connectivity index (χ2v) is 6.34. The molecule has 0 aliphatic rings. The lowest BCUT2D eigenvalue weighted by atomic mass is 10.2. The molecule has 0 unspecified atom stereocenters. The molecule has 1 amide bonds. The van der Waals surface area contributed by atoms with Crippen LogP contribution in [-0.2, 0) is 17.8 Å². The zero-order valence-corrected chi connectivity index (χ0v) is 11.9. The number of carbonyl (C=O) groups is 1. The van der Waals surface area contributed by atoms with E-state index in [4.69, 9.17) is 5.11 Å². The Kier molecular flexibility index (Phi) is 4.52. The molecule has 0 saturated heterocycles. The van der Waals surface area contributed by atoms with Gasteiger partial charge in [-0.2, -0.15) is 0 Å². The molecule has 1 aromatic heterocycles. The largest absolute Gasteiger partial charge is 0.392 e. The van der Waals surface area contributed by atoms with Crippen molar-refractivity contribution in [2.75, 3.05) is 5.32 Å². The number of halogens is 1. The Morgan fingerprint density at radius 2 is 2.17 bits per heavy atom. The van der Waals surface area contributed by atoms with E-state index < -0.39 is 0 Å². The summed E-state index contributed by atoms with van der Waals surface area (Å²) in [5.74, 6) is -0.0561. The van der Waals surface area contributed by atoms with E-state index in [0.717, 1.165) is 14.2 Å². The SMILES string of the molecule is O=C(Cc1ccc(Br)s1)Nc1cccc(CO)c1. The van der Waals surface area contributed by atoms with Gasteiger partial charge in [-0.3, -0.25) is 4.79 Å². The van der Waals surface area contributed by atoms with Gasteiger partial charge in [0.2, 0.25) is 5.91 Å². The first-order chi connectivity index (χ1) is 8.67. The lowest BCUT2D eigenvalue weighted by Gasteiger charge is -2.05. The average Bonchev–Trinajstić information content (AvgIpc) is 2.74. The first-order valence-corrected chi connectivity index (χ1v) is 7.02. The van der Waals surface area contributed by atoms with Crippen molar-refractivity contribution in [3.8, 4) is 0 Å². The van der Waals surface area contributed by atoms with E-state index in [9.17, 15) is 4.79 Å². The molecule has 0 bridgehead atoms. The molecule has 1 aromatic carbocycles. The Hall–Kier alpha value is -1.17. The van der Waals surface area contributed by atoms with Crippen molar-refractivity contribution in [1.82, 2.24) is 0 Å². The van der Waals surface area contributed by atoms with Gasteiger partial charge >= 0.3 is 0 Å². The Labute approximate surface area is 118 Å². The van der Waals surface area contributed by atoms with Crippen LogP contribution < -0.4 is 5.32 Å². The molecule has 3 nitrogen and oxygen atoms in total. The summed E-state index contributed by atoms with van der Waals surface area (Å²) in [7, 11) is 0. The molecule has 0 aliphatic carbocycles. The molecule has 2 rings (SSSR count). The normalized spacial score (nSPS) is 10.3. The zero-order valence-electron chi connectivity index (χ0n) is 9.52. The highest BCUT2D eigenvalue weighted by Crippen LogP contribution is 2.22. The summed E-state index contributed by atoms with van der Waals surface area (Å²) in [5.41, 5.74) is 1.49. The number of amides is 1. The summed E-state index contributed by atoms with van der Waals surface area (Å²) in [5, 5.41) is 11.8. The maximum atomic E-state index is 11.8. The number of benzene rings is 1. The van der Waals surface area contributed by atoms with E-state index in [2.05, 4.69) is 21.2 Å². The Balaban J connectivity index is 1.98. The molecule has 18 heavy (non-hydrogen) atoms. The summed E-state index contributed by atoms with van der Waals surface area (Å²) in [6.07, 6.45) is 0.361. The summed E-state index contributed by atoms with van der Waals surface area (Å²) < 4.78 is 1.02. The minimum Gasteiger partial charge on any atom is -0.392 e. The lowest BCUT2D eigenvalue weighted by molar-refractivity contribution is -0.115. The number of rotatable bonds is 4. The fourth-order valence-corrected chi connectivity index (χ4v) is 3.04. The first kappa shape index (κ1) is 13.3. The van der Waals surface area contributed by atoms with Crippen LogP contribution in [0.5, 0.6) is 0 Å². The molecule has 0 fully saturated rings. The zero-order chi connectivity index (χ0) is 13.0. The van der Waals surface area contributed by atoms with Crippen LogP contribution in [0.2, 0.25) is 0 Å². The third kappa shape index (κ3) is 3.66. The number of hydrogen-bond donors (Lipinski definition) is 2. The van der Waals surface area contributed by atoms with Crippen LogP contribution in [0.25, 0.3) is 0 Å². The topological polar surface area (TPSA) is 49.3 Å². The number of aliphatic hydroxyl groups excluding tert-OH is 1. The number of carbonyl (C=O) groups excluding carboxylic acids is 1. The molecule has 0 saturated carbocycles. The van der Waals surface area contributed by atoms with Crippen LogP contribution >= 0.6 is 27.3 Å². The smallest absolute Gasteiger partial charge is 0.229 e. The quantitative estimate of drug-likeness (QED) is 0.907. The Bertz CT molecular complexity index is 553. The highest BCUT2D eigenvalue weighted by Gasteiger charge is 2.06. The molecule has 2 N–H and O–H groups in total. The fraction of sp³-hybridized carbons (Fsp3) is 0.154. The predicted molar refractivity (Wildman–Crippen MR) is 76.7 cm³/mol. The number of aliphatic hydroxyl groups is 1. The molecule has 5 heteroatoms. The highest BCUT2D eigenvalue weighted by molar-refractivity contribution is 9.11. The summed E-state index contributed by atoms with van der Waals surface area (Å²) in [6, 6.07) is 11.1. The van der Waals surface area contributed by atoms with Crippen molar-refractivity contribution in [2.45, 2.75) is 13.0 Å². The van der Waals surface area contributed by atoms with Gasteiger partial charge in [0, 0.05) is 10.6 Å². The molecular formula is C13H12BrNO2S. The van der Waals surface area contributed by atoms with Crippen molar-refractivity contribution in [1.29, 1.82) is 0 Å². The van der Waals surface area contributed by atoms with E-state index in [1.54, 1.807) is 23.5 Å². The molecular weight excluding hydrogens is 314 g/mol. The average molecular weight is 326 g/mol. The van der Waals surface area contributed by atoms with E-state index in [-0.39, 0.29) is 12.5 Å². The Morgan fingerprint density at radius 3 is 2.83 bits per heavy atom. The van der Waals surface area contributed by atoms with Gasteiger partial charge in [-0.25, -0.2) is 0 Å². The minimum atomic E-state index is -0.0561. The van der Waals surface area contributed by atoms with Gasteiger partial charge in [0.15, 0.2) is 0 Å². The van der Waals surface area contributed by atoms with E-state index in [1.807, 2.05) is 24.3 Å². The van der Waals surface area contributed by atoms with Crippen molar-refractivity contribution < 1.29 is 9.90 Å². The van der Waals surface area contributed by atoms with E-state index >= 15 is 0 Å². The van der Waals surface area contributed by atoms with Gasteiger partial charge in [0.05, 0.1) is 16.8 Å². The van der Waals surface area contributed by atoms with Gasteiger partial charge in [0.25, 0.3) is 0 Å². The molecule has 0 aliphatic heterocycles. The molecule has 0 atom stereocenters. The maximum Gasteiger partial charge on any atom is 0.229 e. The molecule has 1 heterocycles. The summed E-state index contributed by atoms with van der Waals surface area (Å²) in [6.45, 7) is -0.0262. The van der Waals surface area contributed by atoms with Gasteiger partial charge in [0.1, 0.15) is 0 Å². The molecule has 2 aromatic rings.